The molecule has 0 amide bonds. The maximum Gasteiger partial charge on any atom is 0.417 e. The number of nitrogens with zero attached hydrogens (tertiary/aromatic N) is 2. The Bertz CT molecular complexity index is 2890. The highest BCUT2D eigenvalue weighted by Gasteiger charge is 2.66. The molecule has 0 unspecified atom stereocenters. The summed E-state index contributed by atoms with van der Waals surface area (Å²) < 4.78 is 5.15. The predicted molar refractivity (Wildman–Crippen MR) is 231 cm³/mol. The zero-order chi connectivity index (χ0) is 38.6. The summed E-state index contributed by atoms with van der Waals surface area (Å²) in [6.45, 7) is 13.9. The summed E-state index contributed by atoms with van der Waals surface area (Å²) in [6, 6.07) is 55.6. The van der Waals surface area contributed by atoms with Crippen LogP contribution in [0, 0.1) is 13.8 Å². The van der Waals surface area contributed by atoms with Crippen molar-refractivity contribution < 1.29 is 9.13 Å². The molecular weight excluding hydrogens is 689 g/mol. The van der Waals surface area contributed by atoms with Crippen molar-refractivity contribution >= 4 is 0 Å². The molecule has 272 valence electrons. The van der Waals surface area contributed by atoms with Crippen molar-refractivity contribution in [1.82, 2.24) is 0 Å². The van der Waals surface area contributed by atoms with Crippen molar-refractivity contribution in [2.24, 2.45) is 0 Å². The van der Waals surface area contributed by atoms with Gasteiger partial charge < -0.3 is 0 Å². The normalized spacial score (nSPS) is 16.0. The van der Waals surface area contributed by atoms with Crippen LogP contribution in [0.2, 0.25) is 0 Å². The molecule has 6 aromatic carbocycles. The Morgan fingerprint density at radius 1 is 0.333 bits per heavy atom. The van der Waals surface area contributed by atoms with Gasteiger partial charge in [0.2, 0.25) is 11.4 Å². The van der Waals surface area contributed by atoms with E-state index in [0.29, 0.717) is 0 Å². The molecule has 4 aliphatic rings. The number of hydrogen-bond acceptors (Lipinski definition) is 0. The van der Waals surface area contributed by atoms with Gasteiger partial charge in [-0.05, 0) is 118 Å². The van der Waals surface area contributed by atoms with E-state index in [2.05, 4.69) is 209 Å². The minimum atomic E-state index is -0.600. The Kier molecular flexibility index (Phi) is 6.29. The summed E-state index contributed by atoms with van der Waals surface area (Å²) in [6.07, 6.45) is 4.86. The number of hydrogen-bond donors (Lipinski definition) is 0. The van der Waals surface area contributed by atoms with Crippen LogP contribution in [0.15, 0.2) is 158 Å². The average molecular weight is 733 g/mol. The molecule has 0 radical (unpaired) electrons. The molecule has 1 spiro atoms. The SMILES string of the molecule is Cc1ccc2c(c1)C(C)(C)c1cc(-c3ccc4[n+](c3)C3(c5ccccc5-4)c4ccccc4-c4ccc(-c5ccc6c(c5)C(C)(C)c5cc(C)ccc5-6)c[n+]43)ccc1-2. The van der Waals surface area contributed by atoms with E-state index in [4.69, 9.17) is 0 Å². The average Bonchev–Trinajstić information content (AvgIpc) is 3.85. The zero-order valence-electron chi connectivity index (χ0n) is 33.4. The lowest BCUT2D eigenvalue weighted by molar-refractivity contribution is -0.954. The summed E-state index contributed by atoms with van der Waals surface area (Å²) in [5.41, 5.74) is 25.5. The van der Waals surface area contributed by atoms with Crippen LogP contribution < -0.4 is 9.13 Å². The van der Waals surface area contributed by atoms with Gasteiger partial charge in [-0.25, -0.2) is 0 Å². The molecule has 0 saturated carbocycles. The second-order valence-electron chi connectivity index (χ2n) is 18.0. The Morgan fingerprint density at radius 3 is 1.14 bits per heavy atom. The molecule has 2 aromatic heterocycles. The number of aryl methyl sites for hydroxylation is 2. The highest BCUT2D eigenvalue weighted by molar-refractivity contribution is 5.86. The largest absolute Gasteiger partial charge is 0.417 e. The fraction of sp³-hybridized carbons (Fsp3) is 0.164. The lowest BCUT2D eigenvalue weighted by Gasteiger charge is -2.22. The van der Waals surface area contributed by atoms with Crippen LogP contribution >= 0.6 is 0 Å². The van der Waals surface area contributed by atoms with Crippen molar-refractivity contribution in [1.29, 1.82) is 0 Å². The molecule has 2 heteroatoms. The van der Waals surface area contributed by atoms with Crippen molar-refractivity contribution in [3.05, 3.63) is 202 Å². The first-order chi connectivity index (χ1) is 27.6. The summed E-state index contributed by atoms with van der Waals surface area (Å²) in [4.78, 5) is 0. The van der Waals surface area contributed by atoms with Crippen LogP contribution in [0.25, 0.3) is 67.0 Å². The van der Waals surface area contributed by atoms with Crippen LogP contribution in [-0.2, 0) is 16.5 Å². The maximum atomic E-state index is 2.58. The molecule has 2 aliphatic heterocycles. The van der Waals surface area contributed by atoms with Crippen molar-refractivity contribution in [2.45, 2.75) is 58.0 Å². The third-order valence-corrected chi connectivity index (χ3v) is 14.1. The number of aromatic nitrogens is 2. The smallest absolute Gasteiger partial charge is 0.125 e. The summed E-state index contributed by atoms with van der Waals surface area (Å²) >= 11 is 0. The van der Waals surface area contributed by atoms with Gasteiger partial charge >= 0.3 is 5.66 Å². The van der Waals surface area contributed by atoms with E-state index in [-0.39, 0.29) is 10.8 Å². The fourth-order valence-corrected chi connectivity index (χ4v) is 11.2. The highest BCUT2D eigenvalue weighted by Crippen LogP contribution is 2.52. The van der Waals surface area contributed by atoms with Gasteiger partial charge in [0.25, 0.3) is 0 Å². The molecule has 0 fully saturated rings. The Morgan fingerprint density at radius 2 is 0.702 bits per heavy atom. The third kappa shape index (κ3) is 4.10. The topological polar surface area (TPSA) is 7.76 Å². The van der Waals surface area contributed by atoms with Gasteiger partial charge in [0.05, 0.1) is 11.1 Å². The van der Waals surface area contributed by atoms with E-state index in [1.165, 1.54) is 112 Å². The molecule has 0 N–H and O–H groups in total. The molecule has 8 aromatic rings. The van der Waals surface area contributed by atoms with Gasteiger partial charge in [-0.15, -0.1) is 9.13 Å². The number of benzene rings is 6. The van der Waals surface area contributed by atoms with E-state index >= 15 is 0 Å². The maximum absolute atomic E-state index is 2.58. The summed E-state index contributed by atoms with van der Waals surface area (Å²) in [5.74, 6) is 0. The second-order valence-corrected chi connectivity index (χ2v) is 18.0. The van der Waals surface area contributed by atoms with Crippen molar-refractivity contribution in [2.75, 3.05) is 0 Å². The molecule has 0 atom stereocenters. The van der Waals surface area contributed by atoms with Crippen LogP contribution in [-0.4, -0.2) is 0 Å². The Hall–Kier alpha value is -6.38. The van der Waals surface area contributed by atoms with Crippen molar-refractivity contribution in [3.8, 4) is 67.0 Å². The van der Waals surface area contributed by atoms with Gasteiger partial charge in [-0.2, -0.15) is 0 Å². The minimum Gasteiger partial charge on any atom is -0.125 e. The Balaban J connectivity index is 1.06. The third-order valence-electron chi connectivity index (χ3n) is 14.1. The van der Waals surface area contributed by atoms with Crippen molar-refractivity contribution in [3.63, 3.8) is 0 Å². The number of fused-ring (bicyclic) bond motifs is 16. The van der Waals surface area contributed by atoms with E-state index in [9.17, 15) is 0 Å². The molecule has 12 rings (SSSR count). The fourth-order valence-electron chi connectivity index (χ4n) is 11.2. The van der Waals surface area contributed by atoms with Crippen LogP contribution in [0.5, 0.6) is 0 Å². The summed E-state index contributed by atoms with van der Waals surface area (Å²) in [5, 5.41) is 0. The second kappa shape index (κ2) is 10.9. The van der Waals surface area contributed by atoms with Crippen LogP contribution in [0.3, 0.4) is 0 Å². The molecule has 57 heavy (non-hydrogen) atoms. The van der Waals surface area contributed by atoms with Crippen LogP contribution in [0.1, 0.15) is 72.2 Å². The first kappa shape index (κ1) is 32.8. The molecule has 4 heterocycles. The van der Waals surface area contributed by atoms with E-state index < -0.39 is 5.66 Å². The lowest BCUT2D eigenvalue weighted by atomic mass is 9.81. The van der Waals surface area contributed by atoms with Gasteiger partial charge in [0, 0.05) is 34.1 Å². The first-order valence-electron chi connectivity index (χ1n) is 20.4. The van der Waals surface area contributed by atoms with Gasteiger partial charge in [-0.1, -0.05) is 124 Å². The van der Waals surface area contributed by atoms with Crippen LogP contribution in [0.4, 0.5) is 0 Å². The monoisotopic (exact) mass is 732 g/mol. The Labute approximate surface area is 335 Å². The van der Waals surface area contributed by atoms with Gasteiger partial charge in [0.1, 0.15) is 11.1 Å². The van der Waals surface area contributed by atoms with E-state index in [1.807, 2.05) is 0 Å². The number of rotatable bonds is 2. The molecule has 2 aliphatic carbocycles. The molecular formula is C55H44N2+2. The quantitative estimate of drug-likeness (QED) is 0.156. The van der Waals surface area contributed by atoms with Gasteiger partial charge in [0.15, 0.2) is 12.4 Å². The zero-order valence-corrected chi connectivity index (χ0v) is 33.4. The number of pyridine rings is 2. The lowest BCUT2D eigenvalue weighted by Crippen LogP contribution is -2.71. The standard InChI is InChI=1S/C55H44N2/c1-33-15-21-39-41-23-17-35(29-49(41)53(3,4)47(39)27-33)37-19-25-51-43-11-7-9-13-45(43)55(56(51)31-37)46-14-10-8-12-44(46)52-26-20-38(32-57(52)55)36-18-24-42-40-22-16-34(2)28-48(40)54(5,6)50(42)30-36/h7-32H,1-6H3/q+2. The van der Waals surface area contributed by atoms with Gasteiger partial charge in [-0.3, -0.25) is 0 Å². The predicted octanol–water partition coefficient (Wildman–Crippen LogP) is 12.1. The highest BCUT2D eigenvalue weighted by atomic mass is 15.3. The van der Waals surface area contributed by atoms with E-state index in [1.54, 1.807) is 0 Å². The molecule has 0 bridgehead atoms. The van der Waals surface area contributed by atoms with E-state index in [0.717, 1.165) is 0 Å². The summed E-state index contributed by atoms with van der Waals surface area (Å²) in [7, 11) is 0. The molecule has 0 saturated heterocycles. The minimum absolute atomic E-state index is 0.0713. The molecule has 2 nitrogen and oxygen atoms in total. The first-order valence-corrected chi connectivity index (χ1v) is 20.4.